The number of non-ortho nitro benzene ring substituents is 1. The summed E-state index contributed by atoms with van der Waals surface area (Å²) < 4.78 is 44.6. The molecule has 2 fully saturated rings. The van der Waals surface area contributed by atoms with E-state index >= 15 is 0 Å². The minimum absolute atomic E-state index is 0.0803. The number of amides is 2. The van der Waals surface area contributed by atoms with Crippen molar-refractivity contribution in [3.63, 3.8) is 0 Å². The number of nitro groups is 1. The summed E-state index contributed by atoms with van der Waals surface area (Å²) in [5.41, 5.74) is 1.93. The van der Waals surface area contributed by atoms with Gasteiger partial charge in [-0.2, -0.15) is 4.31 Å². The first-order chi connectivity index (χ1) is 22.2. The second-order valence-corrected chi connectivity index (χ2v) is 13.4. The molecule has 0 aliphatic carbocycles. The maximum absolute atomic E-state index is 13.5. The van der Waals surface area contributed by atoms with E-state index in [1.807, 2.05) is 24.3 Å². The molecular formula is C32H34N4O9S. The van der Waals surface area contributed by atoms with Crippen LogP contribution in [-0.2, 0) is 21.4 Å². The predicted molar refractivity (Wildman–Crippen MR) is 167 cm³/mol. The van der Waals surface area contributed by atoms with E-state index in [-0.39, 0.29) is 54.4 Å². The van der Waals surface area contributed by atoms with Gasteiger partial charge in [-0.25, -0.2) is 13.2 Å². The second-order valence-electron chi connectivity index (χ2n) is 11.4. The van der Waals surface area contributed by atoms with Crippen LogP contribution < -0.4 is 14.4 Å². The molecule has 2 amide bonds. The van der Waals surface area contributed by atoms with E-state index in [4.69, 9.17) is 14.2 Å². The average Bonchev–Trinajstić information content (AvgIpc) is 3.08. The summed E-state index contributed by atoms with van der Waals surface area (Å²) in [4.78, 5) is 40.0. The fraction of sp³-hybridized carbons (Fsp3) is 0.375. The van der Waals surface area contributed by atoms with Crippen LogP contribution >= 0.6 is 0 Å². The van der Waals surface area contributed by atoms with Gasteiger partial charge in [-0.1, -0.05) is 24.3 Å². The van der Waals surface area contributed by atoms with Crippen LogP contribution in [0.4, 0.5) is 16.2 Å². The van der Waals surface area contributed by atoms with E-state index in [0.29, 0.717) is 55.8 Å². The van der Waals surface area contributed by atoms with Gasteiger partial charge in [-0.3, -0.25) is 19.8 Å². The van der Waals surface area contributed by atoms with Crippen molar-refractivity contribution in [2.45, 2.75) is 49.3 Å². The number of cyclic esters (lactones) is 1. The van der Waals surface area contributed by atoms with E-state index in [0.717, 1.165) is 17.3 Å². The summed E-state index contributed by atoms with van der Waals surface area (Å²) in [6.07, 6.45) is 1.41. The summed E-state index contributed by atoms with van der Waals surface area (Å²) in [5, 5.41) is 11.1. The monoisotopic (exact) mass is 650 g/mol. The molecule has 0 radical (unpaired) electrons. The topological polar surface area (TPSA) is 149 Å². The number of carbonyl (C=O) groups excluding carboxylic acids is 2. The molecule has 46 heavy (non-hydrogen) atoms. The molecule has 0 atom stereocenters. The molecule has 3 aromatic carbocycles. The van der Waals surface area contributed by atoms with Crippen molar-refractivity contribution >= 4 is 33.4 Å². The second kappa shape index (κ2) is 13.0. The van der Waals surface area contributed by atoms with Crippen LogP contribution in [0.25, 0.3) is 0 Å². The molecule has 6 rings (SSSR count). The van der Waals surface area contributed by atoms with E-state index < -0.39 is 14.9 Å². The third kappa shape index (κ3) is 6.22. The molecule has 0 spiro atoms. The summed E-state index contributed by atoms with van der Waals surface area (Å²) in [5.74, 6) is 0.682. The lowest BCUT2D eigenvalue weighted by Gasteiger charge is -2.40. The summed E-state index contributed by atoms with van der Waals surface area (Å²) in [7, 11) is -2.41. The average molecular weight is 651 g/mol. The minimum Gasteiger partial charge on any atom is -0.496 e. The van der Waals surface area contributed by atoms with Crippen LogP contribution in [0.1, 0.15) is 41.6 Å². The Labute approximate surface area is 266 Å². The number of fused-ring (bicyclic) bond motifs is 1. The van der Waals surface area contributed by atoms with Crippen molar-refractivity contribution in [1.82, 2.24) is 9.21 Å². The Balaban J connectivity index is 1.05. The number of piperidine rings is 2. The molecule has 0 N–H and O–H groups in total. The van der Waals surface area contributed by atoms with Crippen molar-refractivity contribution in [1.29, 1.82) is 0 Å². The van der Waals surface area contributed by atoms with Crippen LogP contribution in [0.2, 0.25) is 0 Å². The van der Waals surface area contributed by atoms with Gasteiger partial charge in [0.2, 0.25) is 10.0 Å². The van der Waals surface area contributed by atoms with Crippen LogP contribution in [0, 0.1) is 10.1 Å². The lowest BCUT2D eigenvalue weighted by Crippen LogP contribution is -2.50. The number of rotatable bonds is 8. The Bertz CT molecular complexity index is 1750. The van der Waals surface area contributed by atoms with Crippen molar-refractivity contribution in [2.75, 3.05) is 38.2 Å². The van der Waals surface area contributed by atoms with Gasteiger partial charge in [-0.15, -0.1) is 0 Å². The summed E-state index contributed by atoms with van der Waals surface area (Å²) >= 11 is 0. The highest BCUT2D eigenvalue weighted by molar-refractivity contribution is 7.89. The number of ether oxygens (including phenoxy) is 3. The Kier molecular flexibility index (Phi) is 8.82. The van der Waals surface area contributed by atoms with E-state index in [1.165, 1.54) is 29.6 Å². The van der Waals surface area contributed by atoms with Crippen molar-refractivity contribution < 1.29 is 37.1 Å². The fourth-order valence-corrected chi connectivity index (χ4v) is 7.74. The zero-order valence-electron chi connectivity index (χ0n) is 25.2. The molecular weight excluding hydrogens is 616 g/mol. The normalized spacial score (nSPS) is 18.1. The highest BCUT2D eigenvalue weighted by Gasteiger charge is 2.36. The number of para-hydroxylation sites is 1. The van der Waals surface area contributed by atoms with Gasteiger partial charge >= 0.3 is 6.09 Å². The minimum atomic E-state index is -3.89. The molecule has 3 aliphatic heterocycles. The first kappa shape index (κ1) is 31.3. The SMILES string of the molecule is COc1cc(OC2CCN(S(=O)(=O)c3cccc([N+](=O)[O-])c3)CC2)ccc1C(=O)N1CCC(N2C(=O)OCc3ccccc32)CC1. The first-order valence-corrected chi connectivity index (χ1v) is 16.5. The van der Waals surface area contributed by atoms with Gasteiger partial charge in [0.05, 0.1) is 28.2 Å². The molecule has 0 bridgehead atoms. The zero-order valence-corrected chi connectivity index (χ0v) is 26.1. The molecule has 2 saturated heterocycles. The maximum atomic E-state index is 13.5. The van der Waals surface area contributed by atoms with Gasteiger partial charge in [0.25, 0.3) is 11.6 Å². The van der Waals surface area contributed by atoms with Gasteiger partial charge in [0, 0.05) is 56.0 Å². The van der Waals surface area contributed by atoms with Crippen LogP contribution in [0.3, 0.4) is 0 Å². The Hall–Kier alpha value is -4.69. The smallest absolute Gasteiger partial charge is 0.414 e. The number of nitrogens with zero attached hydrogens (tertiary/aromatic N) is 4. The third-order valence-corrected chi connectivity index (χ3v) is 10.6. The number of benzene rings is 3. The Morgan fingerprint density at radius 2 is 1.70 bits per heavy atom. The number of hydrogen-bond donors (Lipinski definition) is 0. The number of nitro benzene ring substituents is 1. The zero-order chi connectivity index (χ0) is 32.4. The standard InChI is InChI=1S/C32H34N4O9S/c1-43-30-20-26(45-25-13-17-34(18-14-25)46(41,42)27-7-4-6-24(19-27)36(39)40)9-10-28(30)31(37)33-15-11-23(12-16-33)35-29-8-3-2-5-22(29)21-44-32(35)38/h2-10,19-20,23,25H,11-18,21H2,1H3. The number of sulfonamides is 1. The maximum Gasteiger partial charge on any atom is 0.414 e. The van der Waals surface area contributed by atoms with E-state index in [1.54, 1.807) is 28.0 Å². The number of methoxy groups -OCH3 is 1. The van der Waals surface area contributed by atoms with E-state index in [2.05, 4.69) is 0 Å². The molecule has 3 aliphatic rings. The van der Waals surface area contributed by atoms with Crippen LogP contribution in [0.5, 0.6) is 11.5 Å². The number of carbonyl (C=O) groups is 2. The quantitative estimate of drug-likeness (QED) is 0.252. The molecule has 14 heteroatoms. The molecule has 0 saturated carbocycles. The van der Waals surface area contributed by atoms with E-state index in [9.17, 15) is 28.1 Å². The largest absolute Gasteiger partial charge is 0.496 e. The molecule has 3 heterocycles. The van der Waals surface area contributed by atoms with Crippen molar-refractivity contribution in [3.05, 3.63) is 88.0 Å². The van der Waals surface area contributed by atoms with Crippen molar-refractivity contribution in [3.8, 4) is 11.5 Å². The number of hydrogen-bond acceptors (Lipinski definition) is 9. The van der Waals surface area contributed by atoms with Crippen molar-refractivity contribution in [2.24, 2.45) is 0 Å². The predicted octanol–water partition coefficient (Wildman–Crippen LogP) is 4.60. The first-order valence-electron chi connectivity index (χ1n) is 15.1. The molecule has 242 valence electrons. The molecule has 0 unspecified atom stereocenters. The molecule has 0 aromatic heterocycles. The number of likely N-dealkylation sites (tertiary alicyclic amines) is 1. The summed E-state index contributed by atoms with van der Waals surface area (Å²) in [6.45, 7) is 1.58. The number of anilines is 1. The van der Waals surface area contributed by atoms with Gasteiger partial charge in [0.15, 0.2) is 0 Å². The van der Waals surface area contributed by atoms with Gasteiger partial charge in [0.1, 0.15) is 24.2 Å². The third-order valence-electron chi connectivity index (χ3n) is 8.69. The highest BCUT2D eigenvalue weighted by atomic mass is 32.2. The molecule has 13 nitrogen and oxygen atoms in total. The van der Waals surface area contributed by atoms with Gasteiger partial charge in [-0.05, 0) is 49.9 Å². The lowest BCUT2D eigenvalue weighted by molar-refractivity contribution is -0.385. The highest BCUT2D eigenvalue weighted by Crippen LogP contribution is 2.34. The van der Waals surface area contributed by atoms with Gasteiger partial charge < -0.3 is 19.1 Å². The Morgan fingerprint density at radius 1 is 0.957 bits per heavy atom. The molecule has 3 aromatic rings. The van der Waals surface area contributed by atoms with Crippen LogP contribution in [-0.4, -0.2) is 80.0 Å². The summed E-state index contributed by atoms with van der Waals surface area (Å²) in [6, 6.07) is 17.7. The fourth-order valence-electron chi connectivity index (χ4n) is 6.23. The lowest BCUT2D eigenvalue weighted by atomic mass is 10.00. The Morgan fingerprint density at radius 3 is 2.41 bits per heavy atom. The van der Waals surface area contributed by atoms with Crippen LogP contribution in [0.15, 0.2) is 71.6 Å².